The number of rotatable bonds is 8. The topological polar surface area (TPSA) is 114 Å². The Morgan fingerprint density at radius 1 is 1.03 bits per heavy atom. The van der Waals surface area contributed by atoms with Gasteiger partial charge in [-0.15, -0.1) is 0 Å². The van der Waals surface area contributed by atoms with Crippen LogP contribution in [0.15, 0.2) is 48.5 Å². The van der Waals surface area contributed by atoms with Gasteiger partial charge in [0.05, 0.1) is 19.3 Å². The van der Waals surface area contributed by atoms with Crippen molar-refractivity contribution in [1.82, 2.24) is 10.6 Å². The number of aliphatic carboxylic acids is 1. The molecule has 2 aliphatic rings. The SMILES string of the molecule is CC(C)(CCC(=O)NC1COCC1C(=O)O)NC(=O)OCC1c2ccccc2-c2ccccc21. The molecule has 2 aromatic carbocycles. The maximum absolute atomic E-state index is 12.6. The number of hydrogen-bond acceptors (Lipinski definition) is 5. The summed E-state index contributed by atoms with van der Waals surface area (Å²) in [6.45, 7) is 4.13. The lowest BCUT2D eigenvalue weighted by Crippen LogP contribution is -2.46. The highest BCUT2D eigenvalue weighted by atomic mass is 16.5. The zero-order valence-electron chi connectivity index (χ0n) is 19.4. The number of carboxylic acid groups (broad SMARTS) is 1. The van der Waals surface area contributed by atoms with Crippen molar-refractivity contribution < 1.29 is 29.0 Å². The highest BCUT2D eigenvalue weighted by Gasteiger charge is 2.35. The van der Waals surface area contributed by atoms with Gasteiger partial charge >= 0.3 is 12.1 Å². The molecule has 1 aliphatic heterocycles. The van der Waals surface area contributed by atoms with Crippen LogP contribution < -0.4 is 10.6 Å². The van der Waals surface area contributed by atoms with E-state index >= 15 is 0 Å². The van der Waals surface area contributed by atoms with Crippen molar-refractivity contribution in [3.8, 4) is 11.1 Å². The number of amides is 2. The van der Waals surface area contributed by atoms with Gasteiger partial charge in [-0.25, -0.2) is 4.79 Å². The molecular formula is C26H30N2O6. The van der Waals surface area contributed by atoms with E-state index in [9.17, 15) is 19.5 Å². The summed E-state index contributed by atoms with van der Waals surface area (Å²) in [5.74, 6) is -2.03. The Bertz CT molecular complexity index is 1040. The number of benzene rings is 2. The van der Waals surface area contributed by atoms with Crippen LogP contribution in [0.25, 0.3) is 11.1 Å². The summed E-state index contributed by atoms with van der Waals surface area (Å²) in [5, 5.41) is 14.8. The second-order valence-corrected chi connectivity index (χ2v) is 9.49. The molecule has 0 spiro atoms. The third-order valence-corrected chi connectivity index (χ3v) is 6.51. The summed E-state index contributed by atoms with van der Waals surface area (Å²) in [6, 6.07) is 15.7. The first kappa shape index (κ1) is 23.8. The first-order valence-electron chi connectivity index (χ1n) is 11.5. The number of nitrogens with one attached hydrogen (secondary N) is 2. The molecule has 1 aliphatic carbocycles. The lowest BCUT2D eigenvalue weighted by molar-refractivity contribution is -0.142. The van der Waals surface area contributed by atoms with E-state index in [0.717, 1.165) is 22.3 Å². The van der Waals surface area contributed by atoms with Crippen molar-refractivity contribution in [3.63, 3.8) is 0 Å². The van der Waals surface area contributed by atoms with Crippen molar-refractivity contribution >= 4 is 18.0 Å². The Hall–Kier alpha value is -3.39. The molecule has 8 heteroatoms. The van der Waals surface area contributed by atoms with E-state index in [2.05, 4.69) is 34.9 Å². The Morgan fingerprint density at radius 3 is 2.26 bits per heavy atom. The molecule has 0 radical (unpaired) electrons. The first-order chi connectivity index (χ1) is 16.2. The molecule has 3 N–H and O–H groups in total. The molecule has 2 aromatic rings. The molecule has 2 atom stereocenters. The predicted octanol–water partition coefficient (Wildman–Crippen LogP) is 3.30. The molecule has 8 nitrogen and oxygen atoms in total. The van der Waals surface area contributed by atoms with Gasteiger partial charge in [-0.1, -0.05) is 48.5 Å². The Morgan fingerprint density at radius 2 is 1.65 bits per heavy atom. The minimum Gasteiger partial charge on any atom is -0.481 e. The minimum absolute atomic E-state index is 0.0251. The minimum atomic E-state index is -0.986. The second kappa shape index (κ2) is 9.85. The number of carbonyl (C=O) groups is 3. The Balaban J connectivity index is 1.27. The standard InChI is InChI=1S/C26H30N2O6/c1-26(2,12-11-23(29)27-22-15-33-13-21(22)24(30)31)28-25(32)34-14-20-18-9-5-3-7-16(18)17-8-4-6-10-19(17)20/h3-10,20-22H,11-15H2,1-2H3,(H,27,29)(H,28,32)(H,30,31). The van der Waals surface area contributed by atoms with Crippen LogP contribution in [0.1, 0.15) is 43.7 Å². The average Bonchev–Trinajstić information content (AvgIpc) is 3.39. The van der Waals surface area contributed by atoms with Crippen LogP contribution in [0.3, 0.4) is 0 Å². The smallest absolute Gasteiger partial charge is 0.407 e. The summed E-state index contributed by atoms with van der Waals surface area (Å²) in [6.07, 6.45) is -0.0317. The van der Waals surface area contributed by atoms with E-state index in [0.29, 0.717) is 6.42 Å². The molecular weight excluding hydrogens is 436 g/mol. The van der Waals surface area contributed by atoms with Crippen LogP contribution in [0.4, 0.5) is 4.79 Å². The zero-order valence-corrected chi connectivity index (χ0v) is 19.4. The lowest BCUT2D eigenvalue weighted by Gasteiger charge is -2.26. The third-order valence-electron chi connectivity index (χ3n) is 6.51. The maximum atomic E-state index is 12.6. The monoisotopic (exact) mass is 466 g/mol. The van der Waals surface area contributed by atoms with Crippen LogP contribution >= 0.6 is 0 Å². The van der Waals surface area contributed by atoms with Crippen molar-refractivity contribution in [2.45, 2.75) is 44.2 Å². The fourth-order valence-electron chi connectivity index (χ4n) is 4.62. The molecule has 180 valence electrons. The van der Waals surface area contributed by atoms with E-state index < -0.39 is 29.6 Å². The van der Waals surface area contributed by atoms with E-state index in [1.165, 1.54) is 0 Å². The molecule has 2 amide bonds. The van der Waals surface area contributed by atoms with E-state index in [1.807, 2.05) is 38.1 Å². The largest absolute Gasteiger partial charge is 0.481 e. The van der Waals surface area contributed by atoms with Crippen LogP contribution in [0, 0.1) is 5.92 Å². The van der Waals surface area contributed by atoms with Crippen LogP contribution in [-0.2, 0) is 19.1 Å². The van der Waals surface area contributed by atoms with Crippen LogP contribution in [0.2, 0.25) is 0 Å². The van der Waals surface area contributed by atoms with E-state index in [-0.39, 0.29) is 38.1 Å². The molecule has 1 saturated heterocycles. The highest BCUT2D eigenvalue weighted by molar-refractivity contribution is 5.80. The molecule has 0 bridgehead atoms. The average molecular weight is 467 g/mol. The molecule has 34 heavy (non-hydrogen) atoms. The number of carbonyl (C=O) groups excluding carboxylic acids is 2. The number of alkyl carbamates (subject to hydrolysis) is 1. The molecule has 1 fully saturated rings. The number of hydrogen-bond donors (Lipinski definition) is 3. The Labute approximate surface area is 198 Å². The molecule has 0 aromatic heterocycles. The normalized spacial score (nSPS) is 19.2. The molecule has 2 unspecified atom stereocenters. The van der Waals surface area contributed by atoms with E-state index in [1.54, 1.807) is 0 Å². The Kier molecular flexibility index (Phi) is 6.88. The van der Waals surface area contributed by atoms with Gasteiger partial charge in [0.25, 0.3) is 0 Å². The van der Waals surface area contributed by atoms with Crippen LogP contribution in [-0.4, -0.2) is 54.5 Å². The molecule has 1 heterocycles. The maximum Gasteiger partial charge on any atom is 0.407 e. The zero-order chi connectivity index (χ0) is 24.3. The van der Waals surface area contributed by atoms with E-state index in [4.69, 9.17) is 9.47 Å². The van der Waals surface area contributed by atoms with Gasteiger partial charge in [0.2, 0.25) is 5.91 Å². The van der Waals surface area contributed by atoms with Gasteiger partial charge in [-0.2, -0.15) is 0 Å². The third kappa shape index (κ3) is 5.22. The van der Waals surface area contributed by atoms with Gasteiger partial charge in [-0.3, -0.25) is 9.59 Å². The summed E-state index contributed by atoms with van der Waals surface area (Å²) < 4.78 is 10.8. The molecule has 0 saturated carbocycles. The van der Waals surface area contributed by atoms with Crippen LogP contribution in [0.5, 0.6) is 0 Å². The fraction of sp³-hybridized carbons (Fsp3) is 0.423. The summed E-state index contributed by atoms with van der Waals surface area (Å²) in [5.41, 5.74) is 3.93. The number of carboxylic acids is 1. The van der Waals surface area contributed by atoms with Crippen molar-refractivity contribution in [1.29, 1.82) is 0 Å². The quantitative estimate of drug-likeness (QED) is 0.550. The highest BCUT2D eigenvalue weighted by Crippen LogP contribution is 2.44. The number of ether oxygens (including phenoxy) is 2. The lowest BCUT2D eigenvalue weighted by atomic mass is 9.97. The first-order valence-corrected chi connectivity index (χ1v) is 11.5. The van der Waals surface area contributed by atoms with Crippen molar-refractivity contribution in [2.24, 2.45) is 5.92 Å². The van der Waals surface area contributed by atoms with Gasteiger partial charge in [0, 0.05) is 17.9 Å². The van der Waals surface area contributed by atoms with Gasteiger partial charge in [0.15, 0.2) is 0 Å². The summed E-state index contributed by atoms with van der Waals surface area (Å²) >= 11 is 0. The summed E-state index contributed by atoms with van der Waals surface area (Å²) in [4.78, 5) is 36.1. The van der Waals surface area contributed by atoms with Gasteiger partial charge in [0.1, 0.15) is 12.5 Å². The second-order valence-electron chi connectivity index (χ2n) is 9.49. The van der Waals surface area contributed by atoms with Gasteiger partial charge < -0.3 is 25.2 Å². The summed E-state index contributed by atoms with van der Waals surface area (Å²) in [7, 11) is 0. The number of fused-ring (bicyclic) bond motifs is 3. The van der Waals surface area contributed by atoms with Crippen molar-refractivity contribution in [2.75, 3.05) is 19.8 Å². The molecule has 4 rings (SSSR count). The van der Waals surface area contributed by atoms with Gasteiger partial charge in [-0.05, 0) is 42.5 Å². The fourth-order valence-corrected chi connectivity index (χ4v) is 4.62. The predicted molar refractivity (Wildman–Crippen MR) is 125 cm³/mol. The van der Waals surface area contributed by atoms with Crippen molar-refractivity contribution in [3.05, 3.63) is 59.7 Å².